The van der Waals surface area contributed by atoms with Crippen LogP contribution in [0.3, 0.4) is 0 Å². The number of halogens is 1. The van der Waals surface area contributed by atoms with Crippen molar-refractivity contribution in [2.24, 2.45) is 5.92 Å². The van der Waals surface area contributed by atoms with Crippen molar-refractivity contribution in [2.45, 2.75) is 19.8 Å². The molecule has 0 aromatic rings. The molecule has 0 saturated heterocycles. The first kappa shape index (κ1) is 7.89. The van der Waals surface area contributed by atoms with Crippen molar-refractivity contribution >= 4 is 0 Å². The Kier molecular flexibility index (Phi) is 4.97. The van der Waals surface area contributed by atoms with Gasteiger partial charge in [0.25, 0.3) is 0 Å². The third-order valence-electron chi connectivity index (χ3n) is 1.10. The van der Waals surface area contributed by atoms with Crippen molar-refractivity contribution in [1.82, 2.24) is 0 Å². The van der Waals surface area contributed by atoms with Crippen LogP contribution < -0.4 is 0 Å². The Hall–Kier alpha value is -0.110. The minimum atomic E-state index is -0.292. The summed E-state index contributed by atoms with van der Waals surface area (Å²) in [7, 11) is 0. The molecule has 1 atom stereocenters. The Balaban J connectivity index is 2.86. The van der Waals surface area contributed by atoms with Crippen LogP contribution >= 0.6 is 0 Å². The Labute approximate surface area is 49.5 Å². The molecule has 0 N–H and O–H groups in total. The second-order valence-electron chi connectivity index (χ2n) is 2.11. The van der Waals surface area contributed by atoms with E-state index in [9.17, 15) is 9.50 Å². The fourth-order valence-electron chi connectivity index (χ4n) is 0.509. The van der Waals surface area contributed by atoms with Crippen LogP contribution in [0.4, 0.5) is 4.39 Å². The van der Waals surface area contributed by atoms with Gasteiger partial charge in [-0.2, -0.15) is 0 Å². The SMILES string of the molecule is CC(CF)CCC[O]. The minimum absolute atomic E-state index is 0.0651. The van der Waals surface area contributed by atoms with Crippen LogP contribution in [0, 0.1) is 5.92 Å². The third-order valence-corrected chi connectivity index (χ3v) is 1.10. The molecular weight excluding hydrogens is 107 g/mol. The average molecular weight is 119 g/mol. The molecule has 0 fully saturated rings. The van der Waals surface area contributed by atoms with Crippen LogP contribution in [0.1, 0.15) is 19.8 Å². The summed E-state index contributed by atoms with van der Waals surface area (Å²) >= 11 is 0. The zero-order valence-electron chi connectivity index (χ0n) is 5.19. The van der Waals surface area contributed by atoms with Crippen LogP contribution in [0.2, 0.25) is 0 Å². The summed E-state index contributed by atoms with van der Waals surface area (Å²) in [5.41, 5.74) is 0. The molecule has 0 aromatic heterocycles. The van der Waals surface area contributed by atoms with Gasteiger partial charge in [-0.3, -0.25) is 4.39 Å². The van der Waals surface area contributed by atoms with Crippen LogP contribution in [0.15, 0.2) is 0 Å². The smallest absolute Gasteiger partial charge is 0.0919 e. The maximum absolute atomic E-state index is 11.6. The number of hydrogen-bond donors (Lipinski definition) is 0. The Bertz CT molecular complexity index is 47.8. The van der Waals surface area contributed by atoms with Crippen LogP contribution in [0.5, 0.6) is 0 Å². The predicted molar refractivity (Wildman–Crippen MR) is 29.9 cm³/mol. The molecule has 0 amide bonds. The van der Waals surface area contributed by atoms with Crippen molar-refractivity contribution in [3.63, 3.8) is 0 Å². The lowest BCUT2D eigenvalue weighted by Crippen LogP contribution is -1.97. The van der Waals surface area contributed by atoms with E-state index in [0.29, 0.717) is 6.42 Å². The molecule has 0 rings (SSSR count). The van der Waals surface area contributed by atoms with Gasteiger partial charge in [-0.05, 0) is 18.8 Å². The molecule has 1 radical (unpaired) electrons. The predicted octanol–water partition coefficient (Wildman–Crippen LogP) is 1.80. The standard InChI is InChI=1S/C6H12FO/c1-6(5-7)3-2-4-8/h6H,2-5H2,1H3. The van der Waals surface area contributed by atoms with Crippen LogP contribution in [-0.4, -0.2) is 13.3 Å². The molecule has 0 spiro atoms. The Morgan fingerprint density at radius 3 is 2.62 bits per heavy atom. The van der Waals surface area contributed by atoms with E-state index in [1.807, 2.05) is 6.92 Å². The third kappa shape index (κ3) is 4.06. The van der Waals surface area contributed by atoms with Gasteiger partial charge < -0.3 is 0 Å². The summed E-state index contributed by atoms with van der Waals surface area (Å²) < 4.78 is 11.6. The Morgan fingerprint density at radius 1 is 1.62 bits per heavy atom. The van der Waals surface area contributed by atoms with E-state index in [1.54, 1.807) is 0 Å². The second-order valence-corrected chi connectivity index (χ2v) is 2.11. The number of rotatable bonds is 4. The second kappa shape index (κ2) is 5.04. The van der Waals surface area contributed by atoms with Gasteiger partial charge in [0, 0.05) is 0 Å². The van der Waals surface area contributed by atoms with Crippen molar-refractivity contribution in [1.29, 1.82) is 0 Å². The van der Waals surface area contributed by atoms with E-state index >= 15 is 0 Å². The van der Waals surface area contributed by atoms with Crippen molar-refractivity contribution in [3.05, 3.63) is 0 Å². The zero-order chi connectivity index (χ0) is 6.41. The summed E-state index contributed by atoms with van der Waals surface area (Å²) in [6, 6.07) is 0. The summed E-state index contributed by atoms with van der Waals surface area (Å²) in [5.74, 6) is 0.0870. The lowest BCUT2D eigenvalue weighted by atomic mass is 10.1. The van der Waals surface area contributed by atoms with Gasteiger partial charge in [-0.25, -0.2) is 5.11 Å². The molecule has 0 bridgehead atoms. The molecule has 1 nitrogen and oxygen atoms in total. The summed E-state index contributed by atoms with van der Waals surface area (Å²) in [6.45, 7) is 1.46. The molecule has 2 heteroatoms. The molecule has 0 aromatic carbocycles. The van der Waals surface area contributed by atoms with Crippen molar-refractivity contribution in [3.8, 4) is 0 Å². The molecule has 0 aliphatic rings. The molecular formula is C6H12FO. The first-order chi connectivity index (χ1) is 3.81. The van der Waals surface area contributed by atoms with E-state index in [-0.39, 0.29) is 19.2 Å². The molecule has 0 aliphatic heterocycles. The lowest BCUT2D eigenvalue weighted by Gasteiger charge is -2.01. The van der Waals surface area contributed by atoms with Gasteiger partial charge in [0.1, 0.15) is 0 Å². The van der Waals surface area contributed by atoms with Crippen molar-refractivity contribution in [2.75, 3.05) is 13.3 Å². The van der Waals surface area contributed by atoms with Crippen LogP contribution in [-0.2, 0) is 5.11 Å². The molecule has 8 heavy (non-hydrogen) atoms. The van der Waals surface area contributed by atoms with Gasteiger partial charge in [-0.1, -0.05) is 6.92 Å². The first-order valence-corrected chi connectivity index (χ1v) is 2.95. The molecule has 0 heterocycles. The van der Waals surface area contributed by atoms with Crippen molar-refractivity contribution < 1.29 is 9.50 Å². The van der Waals surface area contributed by atoms with Crippen LogP contribution in [0.25, 0.3) is 0 Å². The maximum Gasteiger partial charge on any atom is 0.0919 e. The Morgan fingerprint density at radius 2 is 2.25 bits per heavy atom. The van der Waals surface area contributed by atoms with Gasteiger partial charge >= 0.3 is 0 Å². The normalized spacial score (nSPS) is 13.9. The fourth-order valence-corrected chi connectivity index (χ4v) is 0.509. The highest BCUT2D eigenvalue weighted by atomic mass is 19.1. The zero-order valence-corrected chi connectivity index (χ0v) is 5.19. The minimum Gasteiger partial charge on any atom is -0.251 e. The number of hydrogen-bond acceptors (Lipinski definition) is 0. The lowest BCUT2D eigenvalue weighted by molar-refractivity contribution is 0.178. The summed E-state index contributed by atoms with van der Waals surface area (Å²) in [4.78, 5) is 0. The summed E-state index contributed by atoms with van der Waals surface area (Å²) in [6.07, 6.45) is 1.35. The quantitative estimate of drug-likeness (QED) is 0.537. The molecule has 49 valence electrons. The monoisotopic (exact) mass is 119 g/mol. The first-order valence-electron chi connectivity index (χ1n) is 2.95. The van der Waals surface area contributed by atoms with Gasteiger partial charge in [0.2, 0.25) is 0 Å². The molecule has 0 saturated carbocycles. The van der Waals surface area contributed by atoms with E-state index in [0.717, 1.165) is 6.42 Å². The van der Waals surface area contributed by atoms with Gasteiger partial charge in [0.05, 0.1) is 13.3 Å². The highest BCUT2D eigenvalue weighted by molar-refractivity contribution is 4.48. The highest BCUT2D eigenvalue weighted by Crippen LogP contribution is 2.04. The van der Waals surface area contributed by atoms with Gasteiger partial charge in [-0.15, -0.1) is 0 Å². The van der Waals surface area contributed by atoms with E-state index in [2.05, 4.69) is 0 Å². The number of alkyl halides is 1. The largest absolute Gasteiger partial charge is 0.251 e. The molecule has 1 unspecified atom stereocenters. The summed E-state index contributed by atoms with van der Waals surface area (Å²) in [5, 5.41) is 9.83. The average Bonchev–Trinajstić information content (AvgIpc) is 1.83. The van der Waals surface area contributed by atoms with E-state index < -0.39 is 0 Å². The maximum atomic E-state index is 11.6. The van der Waals surface area contributed by atoms with E-state index in [1.165, 1.54) is 0 Å². The highest BCUT2D eigenvalue weighted by Gasteiger charge is 1.98. The topological polar surface area (TPSA) is 19.9 Å². The molecule has 0 aliphatic carbocycles. The van der Waals surface area contributed by atoms with E-state index in [4.69, 9.17) is 0 Å². The van der Waals surface area contributed by atoms with Gasteiger partial charge in [0.15, 0.2) is 0 Å². The fraction of sp³-hybridized carbons (Fsp3) is 1.00.